The topological polar surface area (TPSA) is 20.2 Å². The molecule has 0 radical (unpaired) electrons. The van der Waals surface area contributed by atoms with Crippen LogP contribution < -0.4 is 0 Å². The van der Waals surface area contributed by atoms with Crippen molar-refractivity contribution in [1.82, 2.24) is 0 Å². The van der Waals surface area contributed by atoms with Gasteiger partial charge in [-0.15, -0.1) is 0 Å². The molecule has 0 aliphatic heterocycles. The Morgan fingerprint density at radius 2 is 2.08 bits per heavy atom. The van der Waals surface area contributed by atoms with Gasteiger partial charge >= 0.3 is 0 Å². The van der Waals surface area contributed by atoms with Gasteiger partial charge in [0.2, 0.25) is 0 Å². The first-order chi connectivity index (χ1) is 6.02. The highest BCUT2D eigenvalue weighted by Gasteiger charge is 2.16. The third-order valence-electron chi connectivity index (χ3n) is 1.94. The average Bonchev–Trinajstić information content (AvgIpc) is 2.08. The zero-order valence-corrected chi connectivity index (χ0v) is 9.18. The summed E-state index contributed by atoms with van der Waals surface area (Å²) in [7, 11) is 0. The number of hydrogen-bond donors (Lipinski definition) is 1. The van der Waals surface area contributed by atoms with Gasteiger partial charge in [0.05, 0.1) is 6.10 Å². The van der Waals surface area contributed by atoms with Crippen LogP contribution in [0.1, 0.15) is 24.2 Å². The van der Waals surface area contributed by atoms with Crippen LogP contribution in [0.3, 0.4) is 0 Å². The molecule has 0 amide bonds. The number of aliphatic hydroxyl groups excluding tert-OH is 1. The molecule has 1 aromatic rings. The summed E-state index contributed by atoms with van der Waals surface area (Å²) in [5, 5.41) is 9.04. The van der Waals surface area contributed by atoms with Crippen molar-refractivity contribution in [1.29, 1.82) is 0 Å². The Bertz CT molecular complexity index is 299. The number of rotatable bonds is 2. The fourth-order valence-electron chi connectivity index (χ4n) is 1.06. The average molecular weight is 247 g/mol. The van der Waals surface area contributed by atoms with E-state index in [0.29, 0.717) is 5.56 Å². The summed E-state index contributed by atoms with van der Waals surface area (Å²) in [6.07, 6.45) is -2.27. The summed E-state index contributed by atoms with van der Waals surface area (Å²) in [4.78, 5) is 0. The van der Waals surface area contributed by atoms with Gasteiger partial charge in [-0.05, 0) is 31.0 Å². The van der Waals surface area contributed by atoms with Crippen molar-refractivity contribution in [3.63, 3.8) is 0 Å². The lowest BCUT2D eigenvalue weighted by atomic mass is 10.1. The smallest absolute Gasteiger partial charge is 0.151 e. The van der Waals surface area contributed by atoms with E-state index in [1.165, 1.54) is 6.92 Å². The molecule has 0 fully saturated rings. The van der Waals surface area contributed by atoms with Crippen molar-refractivity contribution in [2.45, 2.75) is 26.1 Å². The van der Waals surface area contributed by atoms with Crippen molar-refractivity contribution in [2.75, 3.05) is 0 Å². The minimum atomic E-state index is -1.31. The van der Waals surface area contributed by atoms with Crippen LogP contribution in [0.5, 0.6) is 0 Å². The second-order valence-corrected chi connectivity index (χ2v) is 4.01. The Kier molecular flexibility index (Phi) is 3.45. The zero-order chi connectivity index (χ0) is 10.0. The predicted octanol–water partition coefficient (Wildman–Crippen LogP) is 3.15. The Hall–Kier alpha value is -0.410. The van der Waals surface area contributed by atoms with E-state index in [0.717, 1.165) is 10.0 Å². The van der Waals surface area contributed by atoms with E-state index in [2.05, 4.69) is 15.9 Å². The standard InChI is InChI=1S/C10H12BrFO/c1-6-3-4-8(5-9(6)11)10(12)7(2)13/h3-5,7,10,13H,1-2H3. The van der Waals surface area contributed by atoms with Gasteiger partial charge in [0.1, 0.15) is 0 Å². The van der Waals surface area contributed by atoms with Crippen molar-refractivity contribution in [3.8, 4) is 0 Å². The van der Waals surface area contributed by atoms with E-state index >= 15 is 0 Å². The van der Waals surface area contributed by atoms with E-state index < -0.39 is 12.3 Å². The van der Waals surface area contributed by atoms with E-state index in [1.807, 2.05) is 13.0 Å². The molecule has 13 heavy (non-hydrogen) atoms. The fraction of sp³-hybridized carbons (Fsp3) is 0.400. The number of hydrogen-bond acceptors (Lipinski definition) is 1. The normalized spacial score (nSPS) is 15.5. The van der Waals surface area contributed by atoms with Crippen molar-refractivity contribution >= 4 is 15.9 Å². The van der Waals surface area contributed by atoms with Crippen LogP contribution >= 0.6 is 15.9 Å². The summed E-state index contributed by atoms with van der Waals surface area (Å²) >= 11 is 3.32. The molecule has 2 atom stereocenters. The van der Waals surface area contributed by atoms with Crippen molar-refractivity contribution in [2.24, 2.45) is 0 Å². The summed E-state index contributed by atoms with van der Waals surface area (Å²) in [6.45, 7) is 3.38. The molecule has 0 saturated heterocycles. The SMILES string of the molecule is Cc1ccc(C(F)C(C)O)cc1Br. The van der Waals surface area contributed by atoms with Crippen LogP contribution in [-0.2, 0) is 0 Å². The van der Waals surface area contributed by atoms with E-state index in [9.17, 15) is 4.39 Å². The lowest BCUT2D eigenvalue weighted by Crippen LogP contribution is -2.09. The molecule has 0 saturated carbocycles. The third kappa shape index (κ3) is 2.51. The van der Waals surface area contributed by atoms with Gasteiger partial charge in [-0.3, -0.25) is 0 Å². The number of halogens is 2. The van der Waals surface area contributed by atoms with Crippen molar-refractivity contribution < 1.29 is 9.50 Å². The highest BCUT2D eigenvalue weighted by atomic mass is 79.9. The van der Waals surface area contributed by atoms with Crippen LogP contribution in [0.25, 0.3) is 0 Å². The summed E-state index contributed by atoms with van der Waals surface area (Å²) in [5.74, 6) is 0. The molecule has 2 unspecified atom stereocenters. The Labute approximate surface area is 85.7 Å². The zero-order valence-electron chi connectivity index (χ0n) is 7.59. The fourth-order valence-corrected chi connectivity index (χ4v) is 1.46. The molecular formula is C10H12BrFO. The lowest BCUT2D eigenvalue weighted by Gasteiger charge is -2.12. The molecule has 0 spiro atoms. The maximum absolute atomic E-state index is 13.3. The molecule has 1 N–H and O–H groups in total. The maximum Gasteiger partial charge on any atom is 0.151 e. The van der Waals surface area contributed by atoms with E-state index in [-0.39, 0.29) is 0 Å². The number of aliphatic hydroxyl groups is 1. The molecule has 0 aromatic heterocycles. The van der Waals surface area contributed by atoms with Crippen LogP contribution in [0.15, 0.2) is 22.7 Å². The third-order valence-corrected chi connectivity index (χ3v) is 2.79. The predicted molar refractivity (Wildman–Crippen MR) is 54.4 cm³/mol. The Morgan fingerprint density at radius 3 is 2.54 bits per heavy atom. The van der Waals surface area contributed by atoms with E-state index in [4.69, 9.17) is 5.11 Å². The number of benzene rings is 1. The minimum absolute atomic E-state index is 0.507. The second-order valence-electron chi connectivity index (χ2n) is 3.15. The molecule has 0 heterocycles. The lowest BCUT2D eigenvalue weighted by molar-refractivity contribution is 0.0933. The Balaban J connectivity index is 2.97. The summed E-state index contributed by atoms with van der Waals surface area (Å²) in [6, 6.07) is 5.22. The molecule has 0 aliphatic carbocycles. The molecule has 1 aromatic carbocycles. The number of aryl methyl sites for hydroxylation is 1. The van der Waals surface area contributed by atoms with E-state index in [1.54, 1.807) is 12.1 Å². The maximum atomic E-state index is 13.3. The van der Waals surface area contributed by atoms with Gasteiger partial charge in [-0.25, -0.2) is 4.39 Å². The van der Waals surface area contributed by atoms with Crippen LogP contribution in [0.4, 0.5) is 4.39 Å². The van der Waals surface area contributed by atoms with Gasteiger partial charge in [-0.1, -0.05) is 28.1 Å². The quantitative estimate of drug-likeness (QED) is 0.851. The molecule has 0 aliphatic rings. The molecule has 0 bridgehead atoms. The van der Waals surface area contributed by atoms with Gasteiger partial charge in [0.25, 0.3) is 0 Å². The van der Waals surface area contributed by atoms with Gasteiger partial charge < -0.3 is 5.11 Å². The summed E-state index contributed by atoms with van der Waals surface area (Å²) < 4.78 is 14.2. The molecule has 1 nitrogen and oxygen atoms in total. The van der Waals surface area contributed by atoms with Crippen LogP contribution in [0.2, 0.25) is 0 Å². The molecular weight excluding hydrogens is 235 g/mol. The Morgan fingerprint density at radius 1 is 1.46 bits per heavy atom. The van der Waals surface area contributed by atoms with Gasteiger partial charge in [0.15, 0.2) is 6.17 Å². The number of alkyl halides is 1. The molecule has 72 valence electrons. The summed E-state index contributed by atoms with van der Waals surface area (Å²) in [5.41, 5.74) is 1.56. The highest BCUT2D eigenvalue weighted by molar-refractivity contribution is 9.10. The first-order valence-corrected chi connectivity index (χ1v) is 4.90. The first kappa shape index (κ1) is 10.7. The molecule has 3 heteroatoms. The molecule has 1 rings (SSSR count). The van der Waals surface area contributed by atoms with Crippen LogP contribution in [0, 0.1) is 6.92 Å². The van der Waals surface area contributed by atoms with Gasteiger partial charge in [-0.2, -0.15) is 0 Å². The van der Waals surface area contributed by atoms with Crippen molar-refractivity contribution in [3.05, 3.63) is 33.8 Å². The van der Waals surface area contributed by atoms with Crippen LogP contribution in [-0.4, -0.2) is 11.2 Å². The van der Waals surface area contributed by atoms with Gasteiger partial charge in [0, 0.05) is 4.47 Å². The largest absolute Gasteiger partial charge is 0.390 e. The second kappa shape index (κ2) is 4.20. The highest BCUT2D eigenvalue weighted by Crippen LogP contribution is 2.26. The monoisotopic (exact) mass is 246 g/mol. The minimum Gasteiger partial charge on any atom is -0.390 e. The first-order valence-electron chi connectivity index (χ1n) is 4.10.